The lowest BCUT2D eigenvalue weighted by Crippen LogP contribution is -2.01. The predicted molar refractivity (Wildman–Crippen MR) is 50.2 cm³/mol. The van der Waals surface area contributed by atoms with Gasteiger partial charge in [0.1, 0.15) is 5.78 Å². The predicted octanol–water partition coefficient (Wildman–Crippen LogP) is 2.74. The Labute approximate surface area is 78.2 Å². The summed E-state index contributed by atoms with van der Waals surface area (Å²) >= 11 is 0. The molecule has 69 valence electrons. The van der Waals surface area contributed by atoms with Gasteiger partial charge in [-0.25, -0.2) is 0 Å². The van der Waals surface area contributed by atoms with Crippen molar-refractivity contribution in [2.45, 2.75) is 26.2 Å². The smallest absolute Gasteiger partial charge is 0.178 e. The molecule has 0 spiro atoms. The van der Waals surface area contributed by atoms with Crippen LogP contribution in [0.5, 0.6) is 5.75 Å². The number of rotatable bonds is 4. The van der Waals surface area contributed by atoms with Crippen LogP contribution in [0.25, 0.3) is 0 Å². The van der Waals surface area contributed by atoms with E-state index >= 15 is 0 Å². The van der Waals surface area contributed by atoms with Crippen LogP contribution < -0.4 is 0 Å². The van der Waals surface area contributed by atoms with Crippen LogP contribution in [0.3, 0.4) is 0 Å². The Morgan fingerprint density at radius 1 is 1.23 bits per heavy atom. The van der Waals surface area contributed by atoms with Crippen LogP contribution in [-0.2, 0) is 16.3 Å². The number of ketones is 1. The summed E-state index contributed by atoms with van der Waals surface area (Å²) in [6.45, 7) is 1.98. The summed E-state index contributed by atoms with van der Waals surface area (Å²) in [5.74, 6) is 0.229. The van der Waals surface area contributed by atoms with Gasteiger partial charge in [-0.15, -0.1) is 0 Å². The van der Waals surface area contributed by atoms with Crippen molar-refractivity contribution in [3.63, 3.8) is 0 Å². The lowest BCUT2D eigenvalue weighted by molar-refractivity contribution is -0.118. The molecule has 0 aliphatic rings. The molecule has 1 aromatic carbocycles. The molecule has 0 fully saturated rings. The van der Waals surface area contributed by atoms with Crippen LogP contribution in [0.4, 0.5) is 0 Å². The van der Waals surface area contributed by atoms with Gasteiger partial charge in [0.15, 0.2) is 5.75 Å². The van der Waals surface area contributed by atoms with Crippen LogP contribution >= 0.6 is 0 Å². The Hall–Kier alpha value is -1.31. The number of hydrogen-bond donors (Lipinski definition) is 0. The van der Waals surface area contributed by atoms with Gasteiger partial charge in [-0.2, -0.15) is 0 Å². The zero-order valence-electron chi connectivity index (χ0n) is 7.75. The minimum absolute atomic E-state index is 0.00769. The summed E-state index contributed by atoms with van der Waals surface area (Å²) < 4.78 is 0. The second-order valence-corrected chi connectivity index (χ2v) is 3.11. The minimum Gasteiger partial charge on any atom is -0.299 e. The van der Waals surface area contributed by atoms with E-state index in [4.69, 9.17) is 0 Å². The maximum atomic E-state index is 11.2. The maximum absolute atomic E-state index is 11.2. The van der Waals surface area contributed by atoms with E-state index in [2.05, 4.69) is 0 Å². The van der Waals surface area contributed by atoms with Gasteiger partial charge in [0.2, 0.25) is 0 Å². The molecule has 0 saturated heterocycles. The normalized spacial score (nSPS) is 9.92. The maximum Gasteiger partial charge on any atom is 0.178 e. The summed E-state index contributed by atoms with van der Waals surface area (Å²) in [4.78, 5) is 11.2. The van der Waals surface area contributed by atoms with E-state index in [1.54, 1.807) is 12.1 Å². The highest BCUT2D eigenvalue weighted by Crippen LogP contribution is 2.11. The Morgan fingerprint density at radius 3 is 2.38 bits per heavy atom. The van der Waals surface area contributed by atoms with Gasteiger partial charge in [-0.1, -0.05) is 19.1 Å². The lowest BCUT2D eigenvalue weighted by atomic mass is 10.1. The van der Waals surface area contributed by atoms with Gasteiger partial charge in [-0.3, -0.25) is 9.90 Å². The molecule has 0 heterocycles. The molecule has 0 saturated carbocycles. The average molecular weight is 177 g/mol. The SMILES string of the molecule is CCCC(=O)Cc1ccc([O])cc1. The quantitative estimate of drug-likeness (QED) is 0.696. The fraction of sp³-hybridized carbons (Fsp3) is 0.364. The van der Waals surface area contributed by atoms with E-state index in [1.165, 1.54) is 12.1 Å². The molecular weight excluding hydrogens is 164 g/mol. The molecule has 0 atom stereocenters. The summed E-state index contributed by atoms with van der Waals surface area (Å²) in [6.07, 6.45) is 1.96. The van der Waals surface area contributed by atoms with Crippen LogP contribution in [0.2, 0.25) is 0 Å². The fourth-order valence-corrected chi connectivity index (χ4v) is 1.20. The summed E-state index contributed by atoms with van der Waals surface area (Å²) in [5.41, 5.74) is 0.929. The molecule has 1 aromatic rings. The zero-order chi connectivity index (χ0) is 9.68. The molecule has 0 bridgehead atoms. The van der Waals surface area contributed by atoms with E-state index in [1.807, 2.05) is 6.92 Å². The molecule has 0 aromatic heterocycles. The number of carbonyl (C=O) groups is 1. The van der Waals surface area contributed by atoms with Gasteiger partial charge >= 0.3 is 0 Å². The monoisotopic (exact) mass is 177 g/mol. The topological polar surface area (TPSA) is 37.0 Å². The highest BCUT2D eigenvalue weighted by atomic mass is 16.3. The molecule has 1 radical (unpaired) electrons. The van der Waals surface area contributed by atoms with Crippen molar-refractivity contribution in [2.24, 2.45) is 0 Å². The van der Waals surface area contributed by atoms with Crippen LogP contribution in [0.15, 0.2) is 24.3 Å². The van der Waals surface area contributed by atoms with Crippen molar-refractivity contribution in [2.75, 3.05) is 0 Å². The molecule has 2 nitrogen and oxygen atoms in total. The number of carbonyl (C=O) groups excluding carboxylic acids is 1. The van der Waals surface area contributed by atoms with E-state index in [9.17, 15) is 9.90 Å². The van der Waals surface area contributed by atoms with Crippen molar-refractivity contribution in [3.05, 3.63) is 29.8 Å². The van der Waals surface area contributed by atoms with Gasteiger partial charge in [0, 0.05) is 12.8 Å². The van der Waals surface area contributed by atoms with E-state index in [0.29, 0.717) is 12.8 Å². The summed E-state index contributed by atoms with van der Waals surface area (Å²) in [6, 6.07) is 6.43. The van der Waals surface area contributed by atoms with Crippen molar-refractivity contribution in [1.29, 1.82) is 0 Å². The van der Waals surface area contributed by atoms with Crippen molar-refractivity contribution in [1.82, 2.24) is 0 Å². The largest absolute Gasteiger partial charge is 0.299 e. The third-order valence-corrected chi connectivity index (χ3v) is 1.85. The Morgan fingerprint density at radius 2 is 1.85 bits per heavy atom. The average Bonchev–Trinajstić information content (AvgIpc) is 2.09. The summed E-state index contributed by atoms with van der Waals surface area (Å²) in [7, 11) is 0. The van der Waals surface area contributed by atoms with Crippen molar-refractivity contribution >= 4 is 5.78 Å². The first-order valence-corrected chi connectivity index (χ1v) is 4.50. The molecule has 1 rings (SSSR count). The Bertz CT molecular complexity index is 275. The third kappa shape index (κ3) is 3.28. The Balaban J connectivity index is 2.54. The highest BCUT2D eigenvalue weighted by Gasteiger charge is 2.02. The summed E-state index contributed by atoms with van der Waals surface area (Å²) in [5, 5.41) is 10.7. The van der Waals surface area contributed by atoms with E-state index in [0.717, 1.165) is 12.0 Å². The molecule has 0 amide bonds. The number of benzene rings is 1. The zero-order valence-corrected chi connectivity index (χ0v) is 7.75. The first kappa shape index (κ1) is 9.78. The van der Waals surface area contributed by atoms with Gasteiger partial charge in [0.25, 0.3) is 0 Å². The van der Waals surface area contributed by atoms with E-state index in [-0.39, 0.29) is 11.5 Å². The van der Waals surface area contributed by atoms with Crippen LogP contribution in [0.1, 0.15) is 25.3 Å². The highest BCUT2D eigenvalue weighted by molar-refractivity contribution is 5.80. The van der Waals surface area contributed by atoms with Gasteiger partial charge in [0.05, 0.1) is 0 Å². The fourth-order valence-electron chi connectivity index (χ4n) is 1.20. The molecule has 13 heavy (non-hydrogen) atoms. The van der Waals surface area contributed by atoms with Crippen LogP contribution in [-0.4, -0.2) is 5.78 Å². The van der Waals surface area contributed by atoms with E-state index < -0.39 is 0 Å². The standard InChI is InChI=1S/C11H13O2/c1-2-3-11(13)8-9-4-6-10(12)7-5-9/h4-7H,2-3,8H2,1H3. The first-order valence-electron chi connectivity index (χ1n) is 4.50. The van der Waals surface area contributed by atoms with Crippen molar-refractivity contribution < 1.29 is 9.90 Å². The molecule has 0 aliphatic carbocycles. The third-order valence-electron chi connectivity index (χ3n) is 1.85. The number of Topliss-reactive ketones (excluding diaryl/α,β-unsaturated/α-hetero) is 1. The Kier molecular flexibility index (Phi) is 3.50. The molecule has 0 N–H and O–H groups in total. The molecule has 0 aliphatic heterocycles. The molecule has 0 unspecified atom stereocenters. The van der Waals surface area contributed by atoms with Gasteiger partial charge < -0.3 is 0 Å². The number of hydrogen-bond acceptors (Lipinski definition) is 1. The van der Waals surface area contributed by atoms with Crippen LogP contribution in [0, 0.1) is 0 Å². The lowest BCUT2D eigenvalue weighted by Gasteiger charge is -1.98. The second kappa shape index (κ2) is 4.65. The van der Waals surface area contributed by atoms with Gasteiger partial charge in [-0.05, 0) is 24.1 Å². The molecule has 2 heteroatoms. The minimum atomic E-state index is -0.00769. The van der Waals surface area contributed by atoms with Crippen molar-refractivity contribution in [3.8, 4) is 5.75 Å². The first-order chi connectivity index (χ1) is 6.22. The molecular formula is C11H13O2. The second-order valence-electron chi connectivity index (χ2n) is 3.11.